The zero-order valence-electron chi connectivity index (χ0n) is 16.1. The van der Waals surface area contributed by atoms with Gasteiger partial charge in [0.2, 0.25) is 5.91 Å². The number of rotatable bonds is 7. The minimum absolute atomic E-state index is 0. The second kappa shape index (κ2) is 10.4. The van der Waals surface area contributed by atoms with Crippen LogP contribution in [-0.4, -0.2) is 37.3 Å². The second-order valence-corrected chi connectivity index (χ2v) is 7.13. The monoisotopic (exact) mass is 405 g/mol. The Balaban J connectivity index is 0.00000280. The first kappa shape index (κ1) is 22.1. The fraction of sp³-hybridized carbons (Fsp3) is 0.429. The summed E-state index contributed by atoms with van der Waals surface area (Å²) in [5.41, 5.74) is 1.63. The molecule has 0 radical (unpaired) electrons. The topological polar surface area (TPSA) is 72.4 Å². The van der Waals surface area contributed by atoms with Gasteiger partial charge in [0.25, 0.3) is 5.56 Å². The lowest BCUT2D eigenvalue weighted by Gasteiger charge is -2.35. The van der Waals surface area contributed by atoms with Crippen LogP contribution in [0, 0.1) is 5.41 Å². The number of methoxy groups -OCH3 is 1. The molecule has 1 aliphatic heterocycles. The van der Waals surface area contributed by atoms with Gasteiger partial charge in [-0.15, -0.1) is 12.4 Å². The molecule has 0 atom stereocenters. The summed E-state index contributed by atoms with van der Waals surface area (Å²) in [7, 11) is 1.65. The molecular weight excluding hydrogens is 378 g/mol. The van der Waals surface area contributed by atoms with Gasteiger partial charge in [0, 0.05) is 25.9 Å². The van der Waals surface area contributed by atoms with E-state index in [1.165, 1.54) is 0 Å². The quantitative estimate of drug-likeness (QED) is 0.738. The normalized spacial score (nSPS) is 15.5. The van der Waals surface area contributed by atoms with E-state index < -0.39 is 5.41 Å². The first-order valence-electron chi connectivity index (χ1n) is 9.34. The van der Waals surface area contributed by atoms with Gasteiger partial charge in [-0.05, 0) is 43.1 Å². The molecule has 1 amide bonds. The smallest absolute Gasteiger partial charge is 0.250 e. The van der Waals surface area contributed by atoms with Gasteiger partial charge in [-0.3, -0.25) is 9.59 Å². The maximum atomic E-state index is 12.8. The lowest BCUT2D eigenvalue weighted by atomic mass is 9.78. The number of amides is 1. The lowest BCUT2D eigenvalue weighted by Crippen LogP contribution is -2.49. The van der Waals surface area contributed by atoms with Crippen molar-refractivity contribution in [2.75, 3.05) is 26.8 Å². The van der Waals surface area contributed by atoms with Gasteiger partial charge in [-0.2, -0.15) is 0 Å². The van der Waals surface area contributed by atoms with Gasteiger partial charge in [0.15, 0.2) is 0 Å². The Kier molecular flexibility index (Phi) is 8.23. The maximum Gasteiger partial charge on any atom is 0.250 e. The molecule has 7 heteroatoms. The zero-order chi connectivity index (χ0) is 19.1. The molecule has 1 aromatic heterocycles. The molecule has 1 aliphatic rings. The second-order valence-electron chi connectivity index (χ2n) is 7.13. The lowest BCUT2D eigenvalue weighted by molar-refractivity contribution is -0.136. The highest BCUT2D eigenvalue weighted by molar-refractivity contribution is 5.85. The van der Waals surface area contributed by atoms with Crippen LogP contribution in [0.2, 0.25) is 0 Å². The highest BCUT2D eigenvalue weighted by atomic mass is 35.5. The van der Waals surface area contributed by atoms with Crippen molar-refractivity contribution < 1.29 is 9.53 Å². The molecule has 152 valence electrons. The number of hydrogen-bond donors (Lipinski definition) is 2. The molecule has 1 aromatic carbocycles. The molecule has 1 fully saturated rings. The molecule has 0 bridgehead atoms. The van der Waals surface area contributed by atoms with E-state index in [9.17, 15) is 9.59 Å². The minimum Gasteiger partial charge on any atom is -0.384 e. The third-order valence-electron chi connectivity index (χ3n) is 5.19. The highest BCUT2D eigenvalue weighted by Crippen LogP contribution is 2.29. The maximum absolute atomic E-state index is 12.8. The number of ether oxygens (including phenoxy) is 1. The molecule has 0 aliphatic carbocycles. The van der Waals surface area contributed by atoms with Crippen molar-refractivity contribution in [1.82, 2.24) is 15.2 Å². The molecular formula is C21H28ClN3O3. The number of benzene rings is 1. The van der Waals surface area contributed by atoms with Crippen LogP contribution >= 0.6 is 12.4 Å². The van der Waals surface area contributed by atoms with Crippen molar-refractivity contribution >= 4 is 18.3 Å². The van der Waals surface area contributed by atoms with Crippen molar-refractivity contribution in [3.63, 3.8) is 0 Å². The number of nitrogens with one attached hydrogen (secondary N) is 2. The van der Waals surface area contributed by atoms with Crippen LogP contribution in [0.1, 0.15) is 24.0 Å². The summed E-state index contributed by atoms with van der Waals surface area (Å²) in [6.45, 7) is 3.15. The Morgan fingerprint density at radius 3 is 2.46 bits per heavy atom. The number of aromatic nitrogens is 1. The molecule has 2 N–H and O–H groups in total. The van der Waals surface area contributed by atoms with E-state index in [4.69, 9.17) is 4.74 Å². The minimum atomic E-state index is -0.436. The van der Waals surface area contributed by atoms with Crippen molar-refractivity contribution in [3.8, 4) is 0 Å². The molecule has 0 saturated carbocycles. The van der Waals surface area contributed by atoms with E-state index in [-0.39, 0.29) is 23.9 Å². The number of carbonyl (C=O) groups excluding carboxylic acids is 1. The first-order chi connectivity index (χ1) is 13.1. The molecule has 3 rings (SSSR count). The predicted molar refractivity (Wildman–Crippen MR) is 112 cm³/mol. The number of hydrogen-bond acceptors (Lipinski definition) is 4. The van der Waals surface area contributed by atoms with Gasteiger partial charge < -0.3 is 19.9 Å². The standard InChI is InChI=1S/C21H27N3O3.ClH/c1-27-16-21(9-11-22-12-10-21)20(26)23-14-17-5-7-18(8-6-17)15-24-13-3-2-4-19(24)25;/h2-8,13,22H,9-12,14-16H2,1H3,(H,23,26);1H. The Labute approximate surface area is 171 Å². The molecule has 1 saturated heterocycles. The van der Waals surface area contributed by atoms with E-state index >= 15 is 0 Å². The van der Waals surface area contributed by atoms with Gasteiger partial charge in [-0.25, -0.2) is 0 Å². The number of carbonyl (C=O) groups is 1. The molecule has 0 unspecified atom stereocenters. The molecule has 6 nitrogen and oxygen atoms in total. The summed E-state index contributed by atoms with van der Waals surface area (Å²) in [6.07, 6.45) is 3.36. The Morgan fingerprint density at radius 2 is 1.82 bits per heavy atom. The van der Waals surface area contributed by atoms with Gasteiger partial charge >= 0.3 is 0 Å². The highest BCUT2D eigenvalue weighted by Gasteiger charge is 2.39. The van der Waals surface area contributed by atoms with Crippen molar-refractivity contribution in [2.45, 2.75) is 25.9 Å². The summed E-state index contributed by atoms with van der Waals surface area (Å²) in [6, 6.07) is 13.1. The van der Waals surface area contributed by atoms with Crippen LogP contribution in [0.15, 0.2) is 53.5 Å². The SMILES string of the molecule is COCC1(C(=O)NCc2ccc(Cn3ccccc3=O)cc2)CCNCC1.Cl. The Hall–Kier alpha value is -2.15. The van der Waals surface area contributed by atoms with E-state index in [1.807, 2.05) is 30.3 Å². The summed E-state index contributed by atoms with van der Waals surface area (Å²) in [4.78, 5) is 24.6. The van der Waals surface area contributed by atoms with E-state index in [2.05, 4.69) is 10.6 Å². The largest absolute Gasteiger partial charge is 0.384 e. The summed E-state index contributed by atoms with van der Waals surface area (Å²) in [5, 5.41) is 6.37. The third-order valence-corrected chi connectivity index (χ3v) is 5.19. The number of piperidine rings is 1. The Morgan fingerprint density at radius 1 is 1.14 bits per heavy atom. The molecule has 28 heavy (non-hydrogen) atoms. The first-order valence-corrected chi connectivity index (χ1v) is 9.34. The van der Waals surface area contributed by atoms with Crippen molar-refractivity contribution in [3.05, 3.63) is 70.1 Å². The van der Waals surface area contributed by atoms with Crippen LogP contribution in [0.3, 0.4) is 0 Å². The average molecular weight is 406 g/mol. The summed E-state index contributed by atoms with van der Waals surface area (Å²) in [5.74, 6) is 0.0609. The van der Waals surface area contributed by atoms with Gasteiger partial charge in [0.05, 0.1) is 18.6 Å². The van der Waals surface area contributed by atoms with Crippen molar-refractivity contribution in [2.24, 2.45) is 5.41 Å². The molecule has 2 aromatic rings. The number of halogens is 1. The van der Waals surface area contributed by atoms with E-state index in [0.29, 0.717) is 19.7 Å². The van der Waals surface area contributed by atoms with Crippen LogP contribution in [-0.2, 0) is 22.6 Å². The Bertz CT molecular complexity index is 809. The average Bonchev–Trinajstić information content (AvgIpc) is 2.70. The van der Waals surface area contributed by atoms with Crippen LogP contribution in [0.25, 0.3) is 0 Å². The molecule has 2 heterocycles. The van der Waals surface area contributed by atoms with E-state index in [1.54, 1.807) is 30.0 Å². The van der Waals surface area contributed by atoms with Crippen LogP contribution in [0.4, 0.5) is 0 Å². The van der Waals surface area contributed by atoms with Crippen LogP contribution < -0.4 is 16.2 Å². The summed E-state index contributed by atoms with van der Waals surface area (Å²) >= 11 is 0. The molecule has 0 spiro atoms. The van der Waals surface area contributed by atoms with Crippen LogP contribution in [0.5, 0.6) is 0 Å². The predicted octanol–water partition coefficient (Wildman–Crippen LogP) is 1.95. The fourth-order valence-electron chi connectivity index (χ4n) is 3.54. The fourth-order valence-corrected chi connectivity index (χ4v) is 3.54. The summed E-state index contributed by atoms with van der Waals surface area (Å²) < 4.78 is 6.99. The van der Waals surface area contributed by atoms with Gasteiger partial charge in [-0.1, -0.05) is 30.3 Å². The number of pyridine rings is 1. The zero-order valence-corrected chi connectivity index (χ0v) is 17.0. The van der Waals surface area contributed by atoms with Gasteiger partial charge in [0.1, 0.15) is 0 Å². The number of nitrogens with zero attached hydrogens (tertiary/aromatic N) is 1. The third kappa shape index (κ3) is 5.44. The van der Waals surface area contributed by atoms with Crippen molar-refractivity contribution in [1.29, 1.82) is 0 Å². The van der Waals surface area contributed by atoms with E-state index in [0.717, 1.165) is 37.1 Å².